The van der Waals surface area contributed by atoms with Crippen LogP contribution in [0.15, 0.2) is 48.7 Å². The fraction of sp³-hybridized carbons (Fsp3) is 0.143. The number of carbonyl (C=O) groups excluding carboxylic acids is 2. The van der Waals surface area contributed by atoms with Crippen LogP contribution in [0.3, 0.4) is 0 Å². The number of carbonyl (C=O) groups is 2. The Hall–Kier alpha value is -4.22. The third-order valence-electron chi connectivity index (χ3n) is 4.77. The molecule has 2 aromatic carbocycles. The van der Waals surface area contributed by atoms with Gasteiger partial charge in [-0.25, -0.2) is 19.1 Å². The predicted octanol–water partition coefficient (Wildman–Crippen LogP) is 4.29. The Morgan fingerprint density at radius 2 is 1.85 bits per heavy atom. The molecule has 0 aliphatic carbocycles. The Morgan fingerprint density at radius 3 is 2.52 bits per heavy atom. The smallest absolute Gasteiger partial charge is 0.416 e. The van der Waals surface area contributed by atoms with Gasteiger partial charge in [0.1, 0.15) is 18.1 Å². The van der Waals surface area contributed by atoms with E-state index in [-0.39, 0.29) is 23.2 Å². The molecule has 3 aromatic rings. The molecule has 1 aromatic heterocycles. The van der Waals surface area contributed by atoms with Gasteiger partial charge in [0.05, 0.1) is 11.3 Å². The molecule has 33 heavy (non-hydrogen) atoms. The van der Waals surface area contributed by atoms with Crippen molar-refractivity contribution in [2.75, 3.05) is 22.1 Å². The summed E-state index contributed by atoms with van der Waals surface area (Å²) in [5.74, 6) is -1.33. The van der Waals surface area contributed by atoms with Crippen molar-refractivity contribution in [3.8, 4) is 11.6 Å². The maximum atomic E-state index is 13.8. The minimum atomic E-state index is -4.82. The highest BCUT2D eigenvalue weighted by Crippen LogP contribution is 2.35. The number of nitrogens with zero attached hydrogens (tertiary/aromatic N) is 4. The van der Waals surface area contributed by atoms with E-state index in [2.05, 4.69) is 9.97 Å². The zero-order chi connectivity index (χ0) is 23.9. The van der Waals surface area contributed by atoms with E-state index in [1.165, 1.54) is 24.4 Å². The number of ether oxygens (including phenoxy) is 1. The first-order chi connectivity index (χ1) is 15.5. The molecular formula is C21H15F4N5O3. The first-order valence-electron chi connectivity index (χ1n) is 9.42. The number of imide groups is 1. The van der Waals surface area contributed by atoms with E-state index in [0.29, 0.717) is 23.4 Å². The van der Waals surface area contributed by atoms with Crippen LogP contribution in [0, 0.1) is 12.7 Å². The summed E-state index contributed by atoms with van der Waals surface area (Å²) in [5, 5.41) is 0. The van der Waals surface area contributed by atoms with Crippen molar-refractivity contribution in [2.45, 2.75) is 13.1 Å². The van der Waals surface area contributed by atoms with Crippen LogP contribution in [0.25, 0.3) is 0 Å². The minimum Gasteiger partial charge on any atom is -0.439 e. The van der Waals surface area contributed by atoms with Gasteiger partial charge in [0, 0.05) is 18.0 Å². The SMILES string of the molecule is Cc1cc(Oc2ccnc(N)n2)ccc1N1C(=O)CN(c2cc(F)cc(C(F)(F)F)c2)C1=O. The molecule has 0 atom stereocenters. The first kappa shape index (κ1) is 22.0. The Morgan fingerprint density at radius 1 is 1.09 bits per heavy atom. The summed E-state index contributed by atoms with van der Waals surface area (Å²) in [6.07, 6.45) is -3.41. The molecule has 0 radical (unpaired) electrons. The van der Waals surface area contributed by atoms with Gasteiger partial charge in [-0.3, -0.25) is 9.69 Å². The monoisotopic (exact) mass is 461 g/mol. The number of hydrogen-bond acceptors (Lipinski definition) is 6. The largest absolute Gasteiger partial charge is 0.439 e. The predicted molar refractivity (Wildman–Crippen MR) is 109 cm³/mol. The molecule has 2 heterocycles. The lowest BCUT2D eigenvalue weighted by Crippen LogP contribution is -2.33. The molecule has 0 spiro atoms. The van der Waals surface area contributed by atoms with Gasteiger partial charge in [0.25, 0.3) is 5.91 Å². The summed E-state index contributed by atoms with van der Waals surface area (Å²) in [7, 11) is 0. The number of amides is 3. The Kier molecular flexibility index (Phi) is 5.36. The van der Waals surface area contributed by atoms with Crippen molar-refractivity contribution in [2.24, 2.45) is 0 Å². The molecule has 8 nitrogen and oxygen atoms in total. The quantitative estimate of drug-likeness (QED) is 0.460. The summed E-state index contributed by atoms with van der Waals surface area (Å²) in [6, 6.07) is 6.75. The molecule has 2 N–H and O–H groups in total. The molecule has 4 rings (SSSR count). The molecule has 1 saturated heterocycles. The van der Waals surface area contributed by atoms with E-state index in [0.717, 1.165) is 15.9 Å². The van der Waals surface area contributed by atoms with E-state index in [1.807, 2.05) is 0 Å². The molecule has 170 valence electrons. The number of alkyl halides is 3. The lowest BCUT2D eigenvalue weighted by molar-refractivity contribution is -0.137. The Balaban J connectivity index is 1.61. The average molecular weight is 461 g/mol. The fourth-order valence-corrected chi connectivity index (χ4v) is 3.31. The van der Waals surface area contributed by atoms with Crippen molar-refractivity contribution in [1.82, 2.24) is 9.97 Å². The van der Waals surface area contributed by atoms with Crippen molar-refractivity contribution in [3.63, 3.8) is 0 Å². The lowest BCUT2D eigenvalue weighted by Gasteiger charge is -2.20. The van der Waals surface area contributed by atoms with Gasteiger partial charge in [0.15, 0.2) is 0 Å². The van der Waals surface area contributed by atoms with Gasteiger partial charge in [0.2, 0.25) is 11.8 Å². The van der Waals surface area contributed by atoms with Crippen molar-refractivity contribution in [3.05, 3.63) is 65.6 Å². The number of benzene rings is 2. The number of halogens is 4. The molecule has 1 fully saturated rings. The highest BCUT2D eigenvalue weighted by atomic mass is 19.4. The maximum absolute atomic E-state index is 13.8. The number of aryl methyl sites for hydroxylation is 1. The number of urea groups is 1. The average Bonchev–Trinajstić information content (AvgIpc) is 3.01. The summed E-state index contributed by atoms with van der Waals surface area (Å²) in [5.41, 5.74) is 4.54. The third kappa shape index (κ3) is 4.40. The third-order valence-corrected chi connectivity index (χ3v) is 4.77. The molecule has 0 unspecified atom stereocenters. The minimum absolute atomic E-state index is 0.0141. The number of hydrogen-bond donors (Lipinski definition) is 1. The fourth-order valence-electron chi connectivity index (χ4n) is 3.31. The van der Waals surface area contributed by atoms with Crippen LogP contribution in [0.4, 0.5) is 39.7 Å². The summed E-state index contributed by atoms with van der Waals surface area (Å²) in [4.78, 5) is 34.8. The highest BCUT2D eigenvalue weighted by molar-refractivity contribution is 6.27. The summed E-state index contributed by atoms with van der Waals surface area (Å²) < 4.78 is 58.5. The molecule has 0 bridgehead atoms. The number of nitrogens with two attached hydrogens (primary N) is 1. The lowest BCUT2D eigenvalue weighted by atomic mass is 10.1. The van der Waals surface area contributed by atoms with Crippen LogP contribution >= 0.6 is 0 Å². The molecule has 1 aliphatic heterocycles. The van der Waals surface area contributed by atoms with Gasteiger partial charge in [-0.2, -0.15) is 18.2 Å². The summed E-state index contributed by atoms with van der Waals surface area (Å²) >= 11 is 0. The van der Waals surface area contributed by atoms with Crippen LogP contribution in [0.1, 0.15) is 11.1 Å². The second-order valence-electron chi connectivity index (χ2n) is 7.10. The maximum Gasteiger partial charge on any atom is 0.416 e. The van der Waals surface area contributed by atoms with Crippen molar-refractivity contribution >= 4 is 29.3 Å². The van der Waals surface area contributed by atoms with E-state index in [4.69, 9.17) is 10.5 Å². The van der Waals surface area contributed by atoms with E-state index < -0.39 is 36.0 Å². The van der Waals surface area contributed by atoms with Gasteiger partial charge >= 0.3 is 12.2 Å². The van der Waals surface area contributed by atoms with Crippen LogP contribution in [0.5, 0.6) is 11.6 Å². The van der Waals surface area contributed by atoms with Gasteiger partial charge in [-0.1, -0.05) is 0 Å². The van der Waals surface area contributed by atoms with Crippen LogP contribution in [-0.4, -0.2) is 28.5 Å². The van der Waals surface area contributed by atoms with Crippen molar-refractivity contribution in [1.29, 1.82) is 0 Å². The zero-order valence-electron chi connectivity index (χ0n) is 16.9. The van der Waals surface area contributed by atoms with Gasteiger partial charge in [-0.05, 0) is 48.9 Å². The highest BCUT2D eigenvalue weighted by Gasteiger charge is 2.40. The molecule has 12 heteroatoms. The van der Waals surface area contributed by atoms with Crippen LogP contribution < -0.4 is 20.3 Å². The number of nitrogen functional groups attached to an aromatic ring is 1. The number of aromatic nitrogens is 2. The standard InChI is InChI=1S/C21H15F4N5O3/c1-11-6-15(33-17-4-5-27-19(26)28-17)2-3-16(11)30-18(31)10-29(20(30)32)14-8-12(21(23,24)25)7-13(22)9-14/h2-9H,10H2,1H3,(H2,26,27,28). The van der Waals surface area contributed by atoms with Crippen molar-refractivity contribution < 1.29 is 31.9 Å². The summed E-state index contributed by atoms with van der Waals surface area (Å²) in [6.45, 7) is 1.07. The molecular weight excluding hydrogens is 446 g/mol. The Labute approximate surface area is 184 Å². The molecule has 3 amide bonds. The van der Waals surface area contributed by atoms with Crippen LogP contribution in [0.2, 0.25) is 0 Å². The van der Waals surface area contributed by atoms with E-state index >= 15 is 0 Å². The Bertz CT molecular complexity index is 1260. The second kappa shape index (κ2) is 8.04. The van der Waals surface area contributed by atoms with E-state index in [9.17, 15) is 27.2 Å². The topological polar surface area (TPSA) is 102 Å². The molecule has 0 saturated carbocycles. The molecule has 1 aliphatic rings. The number of rotatable bonds is 4. The van der Waals surface area contributed by atoms with Crippen LogP contribution in [-0.2, 0) is 11.0 Å². The van der Waals surface area contributed by atoms with E-state index in [1.54, 1.807) is 13.0 Å². The normalized spacial score (nSPS) is 14.2. The first-order valence-corrected chi connectivity index (χ1v) is 9.42. The second-order valence-corrected chi connectivity index (χ2v) is 7.10. The number of anilines is 3. The zero-order valence-corrected chi connectivity index (χ0v) is 16.9. The van der Waals surface area contributed by atoms with Gasteiger partial charge < -0.3 is 10.5 Å². The van der Waals surface area contributed by atoms with Gasteiger partial charge in [-0.15, -0.1) is 0 Å².